The molecule has 1 aliphatic carbocycles. The van der Waals surface area contributed by atoms with Crippen molar-refractivity contribution < 1.29 is 9.21 Å². The lowest BCUT2D eigenvalue weighted by molar-refractivity contribution is 0.0719. The fourth-order valence-electron chi connectivity index (χ4n) is 3.38. The van der Waals surface area contributed by atoms with E-state index in [0.29, 0.717) is 23.8 Å². The number of amides is 1. The number of rotatable bonds is 4. The van der Waals surface area contributed by atoms with Crippen molar-refractivity contribution >= 4 is 5.91 Å². The molecule has 1 aliphatic heterocycles. The minimum Gasteiger partial charge on any atom is -0.450 e. The first-order valence-corrected chi connectivity index (χ1v) is 8.37. The molecule has 1 saturated carbocycles. The zero-order valence-corrected chi connectivity index (χ0v) is 13.6. The van der Waals surface area contributed by atoms with Gasteiger partial charge in [-0.2, -0.15) is 5.26 Å². The zero-order valence-electron chi connectivity index (χ0n) is 13.6. The van der Waals surface area contributed by atoms with E-state index in [4.69, 9.17) is 9.68 Å². The van der Waals surface area contributed by atoms with Crippen LogP contribution in [0.1, 0.15) is 59.2 Å². The van der Waals surface area contributed by atoms with Gasteiger partial charge in [0.05, 0.1) is 23.8 Å². The minimum absolute atomic E-state index is 0.0669. The van der Waals surface area contributed by atoms with Crippen LogP contribution >= 0.6 is 0 Å². The van der Waals surface area contributed by atoms with E-state index in [1.165, 1.54) is 18.9 Å². The van der Waals surface area contributed by atoms with Gasteiger partial charge in [0.1, 0.15) is 11.8 Å². The summed E-state index contributed by atoms with van der Waals surface area (Å²) in [6.07, 6.45) is 6.34. The summed E-state index contributed by atoms with van der Waals surface area (Å²) in [5.41, 5.74) is 1.55. The number of aromatic nitrogens is 3. The molecule has 24 heavy (non-hydrogen) atoms. The first-order valence-electron chi connectivity index (χ1n) is 8.37. The Hall–Kier alpha value is -2.62. The van der Waals surface area contributed by atoms with Crippen LogP contribution in [0.3, 0.4) is 0 Å². The lowest BCUT2D eigenvalue weighted by Gasteiger charge is -2.24. The van der Waals surface area contributed by atoms with Crippen molar-refractivity contribution in [2.45, 2.75) is 51.1 Å². The molecule has 3 heterocycles. The quantitative estimate of drug-likeness (QED) is 0.860. The second-order valence-corrected chi connectivity index (χ2v) is 6.63. The fraction of sp³-hybridized carbons (Fsp3) is 0.529. The van der Waals surface area contributed by atoms with Crippen LogP contribution in [0, 0.1) is 18.3 Å². The van der Waals surface area contributed by atoms with Crippen molar-refractivity contribution in [3.63, 3.8) is 0 Å². The Labute approximate surface area is 139 Å². The molecule has 0 aromatic carbocycles. The molecule has 0 spiro atoms. The summed E-state index contributed by atoms with van der Waals surface area (Å²) in [6, 6.07) is 3.58. The van der Waals surface area contributed by atoms with Gasteiger partial charge in [0.25, 0.3) is 5.91 Å². The minimum atomic E-state index is -0.0669. The van der Waals surface area contributed by atoms with Gasteiger partial charge in [-0.15, -0.1) is 5.10 Å². The van der Waals surface area contributed by atoms with E-state index >= 15 is 0 Å². The van der Waals surface area contributed by atoms with Gasteiger partial charge in [0, 0.05) is 24.7 Å². The number of hydrogen-bond donors (Lipinski definition) is 0. The van der Waals surface area contributed by atoms with Crippen LogP contribution in [0.15, 0.2) is 16.7 Å². The van der Waals surface area contributed by atoms with Crippen LogP contribution < -0.4 is 0 Å². The highest BCUT2D eigenvalue weighted by Gasteiger charge is 2.32. The smallest absolute Gasteiger partial charge is 0.257 e. The lowest BCUT2D eigenvalue weighted by Crippen LogP contribution is -2.38. The van der Waals surface area contributed by atoms with E-state index in [-0.39, 0.29) is 17.7 Å². The predicted octanol–water partition coefficient (Wildman–Crippen LogP) is 2.23. The Kier molecular flexibility index (Phi) is 3.60. The average molecular weight is 325 g/mol. The number of hydrogen-bond acceptors (Lipinski definition) is 5. The maximum atomic E-state index is 12.8. The second kappa shape index (κ2) is 5.78. The highest BCUT2D eigenvalue weighted by Crippen LogP contribution is 2.38. The van der Waals surface area contributed by atoms with Gasteiger partial charge in [-0.25, -0.2) is 0 Å². The molecule has 124 valence electrons. The van der Waals surface area contributed by atoms with E-state index in [1.807, 2.05) is 21.8 Å². The Balaban J connectivity index is 1.50. The van der Waals surface area contributed by atoms with E-state index < -0.39 is 0 Å². The molecule has 7 nitrogen and oxygen atoms in total. The SMILES string of the molecule is Cc1oc(C#N)cc1C(=O)N1CCC[C@H]1Cn1cc(C2CC2)nn1. The molecule has 2 aliphatic rings. The van der Waals surface area contributed by atoms with Crippen LogP contribution in [0.2, 0.25) is 0 Å². The van der Waals surface area contributed by atoms with E-state index in [1.54, 1.807) is 6.92 Å². The van der Waals surface area contributed by atoms with Gasteiger partial charge in [-0.1, -0.05) is 5.21 Å². The molecule has 2 fully saturated rings. The first kappa shape index (κ1) is 14.9. The highest BCUT2D eigenvalue weighted by molar-refractivity contribution is 5.95. The Morgan fingerprint density at radius 3 is 3.00 bits per heavy atom. The fourth-order valence-corrected chi connectivity index (χ4v) is 3.38. The number of nitriles is 1. The average Bonchev–Trinajstić information content (AvgIpc) is 2.98. The zero-order chi connectivity index (χ0) is 16.7. The third kappa shape index (κ3) is 2.68. The first-order chi connectivity index (χ1) is 11.7. The van der Waals surface area contributed by atoms with Crippen molar-refractivity contribution in [1.82, 2.24) is 19.9 Å². The summed E-state index contributed by atoms with van der Waals surface area (Å²) in [5, 5.41) is 17.4. The maximum absolute atomic E-state index is 12.8. The van der Waals surface area contributed by atoms with Gasteiger partial charge in [0.15, 0.2) is 0 Å². The van der Waals surface area contributed by atoms with Crippen molar-refractivity contribution in [2.24, 2.45) is 0 Å². The normalized spacial score (nSPS) is 20.3. The largest absolute Gasteiger partial charge is 0.450 e. The second-order valence-electron chi connectivity index (χ2n) is 6.63. The number of furan rings is 1. The summed E-state index contributed by atoms with van der Waals surface area (Å²) in [6.45, 7) is 3.10. The maximum Gasteiger partial charge on any atom is 0.257 e. The van der Waals surface area contributed by atoms with Crippen molar-refractivity contribution in [1.29, 1.82) is 5.26 Å². The Bertz CT molecular complexity index is 811. The predicted molar refractivity (Wildman–Crippen MR) is 84.2 cm³/mol. The lowest BCUT2D eigenvalue weighted by atomic mass is 10.2. The molecule has 0 radical (unpaired) electrons. The van der Waals surface area contributed by atoms with Gasteiger partial charge in [-0.3, -0.25) is 9.48 Å². The molecule has 4 rings (SSSR count). The Morgan fingerprint density at radius 2 is 2.29 bits per heavy atom. The summed E-state index contributed by atoms with van der Waals surface area (Å²) >= 11 is 0. The standard InChI is InChI=1S/C17H19N5O2/c1-11-15(7-14(8-18)24-11)17(23)22-6-2-3-13(22)9-21-10-16(19-20-21)12-4-5-12/h7,10,12-13H,2-6,9H2,1H3/t13-/m0/s1. The third-order valence-electron chi connectivity index (χ3n) is 4.85. The molecule has 0 N–H and O–H groups in total. The topological polar surface area (TPSA) is 88.0 Å². The van der Waals surface area contributed by atoms with Crippen LogP contribution in [0.4, 0.5) is 0 Å². The third-order valence-corrected chi connectivity index (χ3v) is 4.85. The number of aryl methyl sites for hydroxylation is 1. The van der Waals surface area contributed by atoms with E-state index in [0.717, 1.165) is 25.1 Å². The van der Waals surface area contributed by atoms with E-state index in [2.05, 4.69) is 10.3 Å². The molecule has 2 aromatic rings. The number of nitrogens with zero attached hydrogens (tertiary/aromatic N) is 5. The van der Waals surface area contributed by atoms with Gasteiger partial charge in [0.2, 0.25) is 5.76 Å². The number of carbonyl (C=O) groups is 1. The molecule has 1 saturated heterocycles. The summed E-state index contributed by atoms with van der Waals surface area (Å²) in [4.78, 5) is 14.7. The molecule has 1 amide bonds. The van der Waals surface area contributed by atoms with Gasteiger partial charge >= 0.3 is 0 Å². The summed E-state index contributed by atoms with van der Waals surface area (Å²) < 4.78 is 7.15. The monoisotopic (exact) mass is 325 g/mol. The molecule has 1 atom stereocenters. The molecule has 0 unspecified atom stereocenters. The van der Waals surface area contributed by atoms with E-state index in [9.17, 15) is 4.79 Å². The molecular formula is C17H19N5O2. The molecule has 2 aromatic heterocycles. The van der Waals surface area contributed by atoms with Gasteiger partial charge < -0.3 is 9.32 Å². The van der Waals surface area contributed by atoms with Crippen LogP contribution in [0.5, 0.6) is 0 Å². The molecule has 0 bridgehead atoms. The van der Waals surface area contributed by atoms with Crippen molar-refractivity contribution in [3.05, 3.63) is 35.0 Å². The van der Waals surface area contributed by atoms with Crippen LogP contribution in [-0.2, 0) is 6.54 Å². The highest BCUT2D eigenvalue weighted by atomic mass is 16.3. The summed E-state index contributed by atoms with van der Waals surface area (Å²) in [7, 11) is 0. The van der Waals surface area contributed by atoms with Gasteiger partial charge in [-0.05, 0) is 32.6 Å². The van der Waals surface area contributed by atoms with Crippen LogP contribution in [0.25, 0.3) is 0 Å². The summed E-state index contributed by atoms with van der Waals surface area (Å²) in [5.74, 6) is 1.19. The Morgan fingerprint density at radius 1 is 1.46 bits per heavy atom. The van der Waals surface area contributed by atoms with Crippen molar-refractivity contribution in [3.8, 4) is 6.07 Å². The van der Waals surface area contributed by atoms with Crippen LogP contribution in [-0.4, -0.2) is 38.4 Å². The van der Waals surface area contributed by atoms with Crippen molar-refractivity contribution in [2.75, 3.05) is 6.54 Å². The molecular weight excluding hydrogens is 306 g/mol. The number of carbonyl (C=O) groups excluding carboxylic acids is 1. The molecule has 7 heteroatoms. The number of likely N-dealkylation sites (tertiary alicyclic amines) is 1.